The first-order valence-corrected chi connectivity index (χ1v) is 10.0. The number of sulfonamides is 1. The zero-order valence-electron chi connectivity index (χ0n) is 14.1. The fraction of sp³-hybridized carbons (Fsp3) is 0.733. The first kappa shape index (κ1) is 17.4. The summed E-state index contributed by atoms with van der Waals surface area (Å²) in [5.41, 5.74) is -0.0457. The summed E-state index contributed by atoms with van der Waals surface area (Å²) >= 11 is 0. The molecule has 1 N–H and O–H groups in total. The Kier molecular flexibility index (Phi) is 4.43. The van der Waals surface area contributed by atoms with E-state index in [2.05, 4.69) is 5.10 Å². The third-order valence-electron chi connectivity index (χ3n) is 5.34. The lowest BCUT2D eigenvalue weighted by molar-refractivity contribution is 0.0123. The molecule has 0 unspecified atom stereocenters. The lowest BCUT2D eigenvalue weighted by atomic mass is 9.74. The maximum Gasteiger partial charge on any atom is 0.272 e. The van der Waals surface area contributed by atoms with Crippen LogP contribution >= 0.6 is 0 Å². The maximum atomic E-state index is 12.8. The van der Waals surface area contributed by atoms with Gasteiger partial charge in [-0.05, 0) is 25.3 Å². The van der Waals surface area contributed by atoms with Gasteiger partial charge in [-0.2, -0.15) is 5.10 Å². The molecule has 134 valence electrons. The first-order valence-electron chi connectivity index (χ1n) is 8.18. The van der Waals surface area contributed by atoms with E-state index in [1.54, 1.807) is 21.8 Å². The van der Waals surface area contributed by atoms with Crippen LogP contribution in [0.3, 0.4) is 0 Å². The number of hydrogen-bond acceptors (Lipinski definition) is 5. The normalized spacial score (nSPS) is 28.1. The molecule has 0 aromatic carbocycles. The van der Waals surface area contributed by atoms with E-state index < -0.39 is 15.4 Å². The van der Waals surface area contributed by atoms with E-state index in [9.17, 15) is 18.3 Å². The SMILES string of the molecule is CCn1nccc1C(=O)N1CC[C@@H]2CN(S(C)(=O)=O)C[C@]2(CO)C1. The third-order valence-corrected chi connectivity index (χ3v) is 6.56. The van der Waals surface area contributed by atoms with Gasteiger partial charge in [0.2, 0.25) is 10.0 Å². The largest absolute Gasteiger partial charge is 0.396 e. The summed E-state index contributed by atoms with van der Waals surface area (Å²) in [6, 6.07) is 1.70. The predicted octanol–water partition coefficient (Wildman–Crippen LogP) is -0.381. The number of hydrogen-bond donors (Lipinski definition) is 1. The van der Waals surface area contributed by atoms with Gasteiger partial charge < -0.3 is 10.0 Å². The number of aryl methyl sites for hydroxylation is 1. The predicted molar refractivity (Wildman–Crippen MR) is 87.8 cm³/mol. The number of carbonyl (C=O) groups is 1. The lowest BCUT2D eigenvalue weighted by Gasteiger charge is -2.43. The van der Waals surface area contributed by atoms with Crippen molar-refractivity contribution in [2.24, 2.45) is 11.3 Å². The van der Waals surface area contributed by atoms with Crippen molar-refractivity contribution in [3.8, 4) is 0 Å². The minimum atomic E-state index is -3.30. The van der Waals surface area contributed by atoms with Crippen LogP contribution in [0.15, 0.2) is 12.3 Å². The number of aliphatic hydroxyl groups is 1. The highest BCUT2D eigenvalue weighted by molar-refractivity contribution is 7.88. The van der Waals surface area contributed by atoms with E-state index >= 15 is 0 Å². The average molecular weight is 356 g/mol. The number of aromatic nitrogens is 2. The molecule has 9 heteroatoms. The summed E-state index contributed by atoms with van der Waals surface area (Å²) in [6.45, 7) is 4.04. The monoisotopic (exact) mass is 356 g/mol. The summed E-state index contributed by atoms with van der Waals surface area (Å²) in [5.74, 6) is -0.0317. The Bertz CT molecular complexity index is 732. The zero-order valence-corrected chi connectivity index (χ0v) is 14.9. The minimum Gasteiger partial charge on any atom is -0.396 e. The van der Waals surface area contributed by atoms with Crippen molar-refractivity contribution in [1.82, 2.24) is 19.0 Å². The number of rotatable bonds is 4. The Morgan fingerprint density at radius 2 is 2.21 bits per heavy atom. The number of carbonyl (C=O) groups excluding carboxylic acids is 1. The minimum absolute atomic E-state index is 0.0809. The van der Waals surface area contributed by atoms with E-state index in [-0.39, 0.29) is 25.0 Å². The van der Waals surface area contributed by atoms with Crippen molar-refractivity contribution in [3.63, 3.8) is 0 Å². The van der Waals surface area contributed by atoms with Gasteiger partial charge in [-0.1, -0.05) is 0 Å². The van der Waals surface area contributed by atoms with Crippen LogP contribution in [0.5, 0.6) is 0 Å². The topological polar surface area (TPSA) is 95.7 Å². The smallest absolute Gasteiger partial charge is 0.272 e. The summed E-state index contributed by atoms with van der Waals surface area (Å²) < 4.78 is 26.8. The molecule has 1 amide bonds. The van der Waals surface area contributed by atoms with Crippen LogP contribution in [0.25, 0.3) is 0 Å². The van der Waals surface area contributed by atoms with Gasteiger partial charge in [0.15, 0.2) is 0 Å². The number of amides is 1. The molecular weight excluding hydrogens is 332 g/mol. The average Bonchev–Trinajstić information content (AvgIpc) is 3.17. The molecule has 0 radical (unpaired) electrons. The van der Waals surface area contributed by atoms with E-state index in [0.717, 1.165) is 0 Å². The highest BCUT2D eigenvalue weighted by Crippen LogP contribution is 2.42. The Morgan fingerprint density at radius 1 is 1.46 bits per heavy atom. The standard InChI is InChI=1S/C15H24N4O4S/c1-3-19-13(4-6-16-19)14(21)17-7-5-12-8-18(24(2,22)23)10-15(12,9-17)11-20/h4,6,12,20H,3,5,7-11H2,1-2H3/t12-,15+/m1/s1. The molecule has 1 aromatic rings. The molecule has 2 aliphatic rings. The molecule has 3 rings (SSSR count). The van der Waals surface area contributed by atoms with Gasteiger partial charge in [-0.15, -0.1) is 0 Å². The van der Waals surface area contributed by atoms with Gasteiger partial charge in [-0.3, -0.25) is 9.48 Å². The summed E-state index contributed by atoms with van der Waals surface area (Å²) in [6.07, 6.45) is 3.49. The van der Waals surface area contributed by atoms with Crippen LogP contribution in [0.4, 0.5) is 0 Å². The van der Waals surface area contributed by atoms with Gasteiger partial charge >= 0.3 is 0 Å². The Morgan fingerprint density at radius 3 is 2.83 bits per heavy atom. The van der Waals surface area contributed by atoms with Crippen LogP contribution in [-0.2, 0) is 16.6 Å². The zero-order chi connectivity index (χ0) is 17.5. The van der Waals surface area contributed by atoms with Gasteiger partial charge in [-0.25, -0.2) is 12.7 Å². The quantitative estimate of drug-likeness (QED) is 0.793. The van der Waals surface area contributed by atoms with Gasteiger partial charge in [0.1, 0.15) is 5.69 Å². The molecule has 8 nitrogen and oxygen atoms in total. The van der Waals surface area contributed by atoms with Crippen LogP contribution in [0, 0.1) is 11.3 Å². The fourth-order valence-electron chi connectivity index (χ4n) is 3.92. The molecule has 2 fully saturated rings. The van der Waals surface area contributed by atoms with Crippen LogP contribution in [0.1, 0.15) is 23.8 Å². The van der Waals surface area contributed by atoms with Crippen molar-refractivity contribution in [2.45, 2.75) is 19.9 Å². The summed E-state index contributed by atoms with van der Waals surface area (Å²) in [5, 5.41) is 14.1. The van der Waals surface area contributed by atoms with Crippen molar-refractivity contribution >= 4 is 15.9 Å². The highest BCUT2D eigenvalue weighted by atomic mass is 32.2. The molecule has 0 saturated carbocycles. The molecule has 3 heterocycles. The second kappa shape index (κ2) is 6.12. The number of fused-ring (bicyclic) bond motifs is 1. The van der Waals surface area contributed by atoms with Crippen molar-refractivity contribution in [2.75, 3.05) is 39.0 Å². The molecule has 0 bridgehead atoms. The number of nitrogens with zero attached hydrogens (tertiary/aromatic N) is 4. The Hall–Kier alpha value is -1.45. The van der Waals surface area contributed by atoms with Crippen LogP contribution in [0.2, 0.25) is 0 Å². The highest BCUT2D eigenvalue weighted by Gasteiger charge is 2.52. The van der Waals surface area contributed by atoms with E-state index in [1.165, 1.54) is 10.6 Å². The third kappa shape index (κ3) is 2.84. The van der Waals surface area contributed by atoms with Crippen LogP contribution in [-0.4, -0.2) is 77.5 Å². The summed E-state index contributed by atoms with van der Waals surface area (Å²) in [7, 11) is -3.30. The summed E-state index contributed by atoms with van der Waals surface area (Å²) in [4.78, 5) is 14.5. The van der Waals surface area contributed by atoms with Gasteiger partial charge in [0, 0.05) is 44.3 Å². The number of piperidine rings is 1. The maximum absolute atomic E-state index is 12.8. The molecule has 2 atom stereocenters. The van der Waals surface area contributed by atoms with Crippen molar-refractivity contribution in [1.29, 1.82) is 0 Å². The molecule has 2 aliphatic heterocycles. The fourth-order valence-corrected chi connectivity index (χ4v) is 4.86. The van der Waals surface area contributed by atoms with Gasteiger partial charge in [0.25, 0.3) is 5.91 Å². The van der Waals surface area contributed by atoms with Crippen molar-refractivity contribution < 1.29 is 18.3 Å². The van der Waals surface area contributed by atoms with E-state index in [1.807, 2.05) is 6.92 Å². The molecule has 0 spiro atoms. The lowest BCUT2D eigenvalue weighted by Crippen LogP contribution is -2.53. The van der Waals surface area contributed by atoms with E-state index in [4.69, 9.17) is 0 Å². The molecule has 2 saturated heterocycles. The molecule has 24 heavy (non-hydrogen) atoms. The number of aliphatic hydroxyl groups excluding tert-OH is 1. The second-order valence-corrected chi connectivity index (χ2v) is 8.80. The molecule has 0 aliphatic carbocycles. The van der Waals surface area contributed by atoms with E-state index in [0.29, 0.717) is 38.3 Å². The molecular formula is C15H24N4O4S. The Balaban J connectivity index is 1.82. The van der Waals surface area contributed by atoms with Crippen molar-refractivity contribution in [3.05, 3.63) is 18.0 Å². The Labute approximate surface area is 142 Å². The first-order chi connectivity index (χ1) is 11.3. The van der Waals surface area contributed by atoms with Crippen LogP contribution < -0.4 is 0 Å². The second-order valence-electron chi connectivity index (χ2n) is 6.82. The van der Waals surface area contributed by atoms with Gasteiger partial charge in [0.05, 0.1) is 12.9 Å². The number of likely N-dealkylation sites (tertiary alicyclic amines) is 1. The molecule has 1 aromatic heterocycles.